The lowest BCUT2D eigenvalue weighted by Crippen LogP contribution is -2.59. The van der Waals surface area contributed by atoms with E-state index in [2.05, 4.69) is 10.6 Å². The minimum absolute atomic E-state index is 0.0739. The summed E-state index contributed by atoms with van der Waals surface area (Å²) in [6.45, 7) is 3.21. The van der Waals surface area contributed by atoms with Crippen LogP contribution in [0, 0.1) is 0 Å². The number of amides is 1. The van der Waals surface area contributed by atoms with E-state index < -0.39 is 5.51 Å². The second-order valence-electron chi connectivity index (χ2n) is 4.96. The number of rotatable bonds is 5. The van der Waals surface area contributed by atoms with Gasteiger partial charge in [-0.2, -0.15) is 13.2 Å². The summed E-state index contributed by atoms with van der Waals surface area (Å²) in [6, 6.07) is 5.48. The van der Waals surface area contributed by atoms with Crippen LogP contribution in [0.25, 0.3) is 0 Å². The molecular weight excluding hydrogens is 305 g/mol. The molecule has 0 aliphatic carbocycles. The van der Waals surface area contributed by atoms with Crippen molar-refractivity contribution in [3.05, 3.63) is 24.3 Å². The molecule has 2 rings (SSSR count). The Hall–Kier alpha value is -1.25. The summed E-state index contributed by atoms with van der Waals surface area (Å²) in [4.78, 5) is 11.7. The Balaban J connectivity index is 1.81. The average Bonchev–Trinajstić information content (AvgIpc) is 2.35. The zero-order valence-electron chi connectivity index (χ0n) is 11.3. The number of hydrogen-bond donors (Lipinski definition) is 2. The highest BCUT2D eigenvalue weighted by atomic mass is 32.2. The normalized spacial score (nSPS) is 17.1. The third-order valence-corrected chi connectivity index (χ3v) is 3.66. The molecular formula is C13H15F3N2O2S. The monoisotopic (exact) mass is 320 g/mol. The standard InChI is InChI=1S/C13H15F3N2O2S/c1-12(7-17-8-12)20-6-11(19)18-9-2-4-10(5-3-9)21-13(14,15)16/h2-5,17H,6-8H2,1H3,(H,18,19). The van der Waals surface area contributed by atoms with Gasteiger partial charge in [0.15, 0.2) is 0 Å². The van der Waals surface area contributed by atoms with Gasteiger partial charge in [-0.25, -0.2) is 0 Å². The van der Waals surface area contributed by atoms with Crippen molar-refractivity contribution < 1.29 is 22.7 Å². The number of anilines is 1. The molecule has 1 aliphatic heterocycles. The molecule has 4 nitrogen and oxygen atoms in total. The first-order valence-electron chi connectivity index (χ1n) is 6.26. The van der Waals surface area contributed by atoms with Gasteiger partial charge in [-0.3, -0.25) is 4.79 Å². The molecule has 8 heteroatoms. The van der Waals surface area contributed by atoms with E-state index in [9.17, 15) is 18.0 Å². The Bertz CT molecular complexity index is 501. The van der Waals surface area contributed by atoms with E-state index in [0.29, 0.717) is 18.8 Å². The average molecular weight is 320 g/mol. The van der Waals surface area contributed by atoms with E-state index in [1.54, 1.807) is 0 Å². The first kappa shape index (κ1) is 16.1. The summed E-state index contributed by atoms with van der Waals surface area (Å²) in [6.07, 6.45) is 0. The molecule has 0 atom stereocenters. The lowest BCUT2D eigenvalue weighted by molar-refractivity contribution is -0.130. The van der Waals surface area contributed by atoms with Gasteiger partial charge in [-0.1, -0.05) is 0 Å². The van der Waals surface area contributed by atoms with Gasteiger partial charge in [-0.15, -0.1) is 0 Å². The number of halogens is 3. The van der Waals surface area contributed by atoms with Crippen molar-refractivity contribution in [2.24, 2.45) is 0 Å². The van der Waals surface area contributed by atoms with Crippen LogP contribution in [0.4, 0.5) is 18.9 Å². The van der Waals surface area contributed by atoms with Gasteiger partial charge in [0.05, 0.1) is 5.60 Å². The molecule has 0 bridgehead atoms. The van der Waals surface area contributed by atoms with Crippen molar-refractivity contribution in [2.75, 3.05) is 25.0 Å². The first-order valence-corrected chi connectivity index (χ1v) is 7.08. The fourth-order valence-electron chi connectivity index (χ4n) is 1.76. The van der Waals surface area contributed by atoms with Gasteiger partial charge in [0.2, 0.25) is 5.91 Å². The Kier molecular flexibility index (Phi) is 4.80. The van der Waals surface area contributed by atoms with Crippen LogP contribution in [0.1, 0.15) is 6.92 Å². The zero-order valence-corrected chi connectivity index (χ0v) is 12.1. The molecule has 1 fully saturated rings. The van der Waals surface area contributed by atoms with Gasteiger partial charge < -0.3 is 15.4 Å². The molecule has 0 spiro atoms. The predicted molar refractivity (Wildman–Crippen MR) is 74.2 cm³/mol. The van der Waals surface area contributed by atoms with Crippen molar-refractivity contribution >= 4 is 23.4 Å². The highest BCUT2D eigenvalue weighted by Crippen LogP contribution is 2.37. The first-order chi connectivity index (χ1) is 9.76. The Labute approximate surface area is 124 Å². The Morgan fingerprint density at radius 3 is 2.48 bits per heavy atom. The maximum absolute atomic E-state index is 12.2. The topological polar surface area (TPSA) is 50.4 Å². The third kappa shape index (κ3) is 5.22. The van der Waals surface area contributed by atoms with Gasteiger partial charge in [0.25, 0.3) is 0 Å². The third-order valence-electron chi connectivity index (χ3n) is 2.92. The van der Waals surface area contributed by atoms with Crippen molar-refractivity contribution in [1.82, 2.24) is 5.32 Å². The van der Waals surface area contributed by atoms with Crippen molar-refractivity contribution in [1.29, 1.82) is 0 Å². The van der Waals surface area contributed by atoms with E-state index in [4.69, 9.17) is 4.74 Å². The van der Waals surface area contributed by atoms with Gasteiger partial charge in [0.1, 0.15) is 6.61 Å². The summed E-state index contributed by atoms with van der Waals surface area (Å²) in [5.74, 6) is -0.334. The van der Waals surface area contributed by atoms with E-state index in [0.717, 1.165) is 0 Å². The van der Waals surface area contributed by atoms with Crippen LogP contribution in [0.2, 0.25) is 0 Å². The smallest absolute Gasteiger partial charge is 0.363 e. The lowest BCUT2D eigenvalue weighted by Gasteiger charge is -2.38. The van der Waals surface area contributed by atoms with E-state index in [1.165, 1.54) is 24.3 Å². The van der Waals surface area contributed by atoms with Gasteiger partial charge in [0, 0.05) is 23.7 Å². The molecule has 1 aromatic carbocycles. The Morgan fingerprint density at radius 2 is 2.00 bits per heavy atom. The van der Waals surface area contributed by atoms with Crippen molar-refractivity contribution in [2.45, 2.75) is 22.9 Å². The van der Waals surface area contributed by atoms with Gasteiger partial charge in [-0.05, 0) is 43.0 Å². The molecule has 1 aromatic rings. The summed E-state index contributed by atoms with van der Waals surface area (Å²) < 4.78 is 42.0. The molecule has 1 heterocycles. The summed E-state index contributed by atoms with van der Waals surface area (Å²) in [5, 5.41) is 5.63. The maximum Gasteiger partial charge on any atom is 0.446 e. The summed E-state index contributed by atoms with van der Waals surface area (Å²) in [5.41, 5.74) is -4.19. The van der Waals surface area contributed by atoms with Crippen molar-refractivity contribution in [3.63, 3.8) is 0 Å². The number of hydrogen-bond acceptors (Lipinski definition) is 4. The van der Waals surface area contributed by atoms with Crippen LogP contribution in [0.15, 0.2) is 29.2 Å². The zero-order chi connectivity index (χ0) is 15.5. The van der Waals surface area contributed by atoms with Crippen LogP contribution in [-0.4, -0.2) is 36.7 Å². The fraction of sp³-hybridized carbons (Fsp3) is 0.462. The summed E-state index contributed by atoms with van der Waals surface area (Å²) in [7, 11) is 0. The second-order valence-corrected chi connectivity index (χ2v) is 6.10. The quantitative estimate of drug-likeness (QED) is 0.819. The molecule has 0 unspecified atom stereocenters. The fourth-order valence-corrected chi connectivity index (χ4v) is 2.30. The maximum atomic E-state index is 12.2. The van der Waals surface area contributed by atoms with Crippen LogP contribution in [0.3, 0.4) is 0 Å². The molecule has 1 aliphatic rings. The van der Waals surface area contributed by atoms with Crippen LogP contribution in [0.5, 0.6) is 0 Å². The van der Waals surface area contributed by atoms with Gasteiger partial charge >= 0.3 is 5.51 Å². The second kappa shape index (κ2) is 6.25. The SMILES string of the molecule is CC1(OCC(=O)Nc2ccc(SC(F)(F)F)cc2)CNC1. The Morgan fingerprint density at radius 1 is 1.38 bits per heavy atom. The number of alkyl halides is 3. The van der Waals surface area contributed by atoms with Crippen LogP contribution < -0.4 is 10.6 Å². The highest BCUT2D eigenvalue weighted by Gasteiger charge is 2.33. The van der Waals surface area contributed by atoms with Crippen LogP contribution >= 0.6 is 11.8 Å². The molecule has 0 saturated carbocycles. The number of ether oxygens (including phenoxy) is 1. The van der Waals surface area contributed by atoms with E-state index >= 15 is 0 Å². The number of nitrogens with one attached hydrogen (secondary N) is 2. The summed E-state index contributed by atoms with van der Waals surface area (Å²) >= 11 is -0.192. The minimum atomic E-state index is -4.31. The van der Waals surface area contributed by atoms with E-state index in [-0.39, 0.29) is 34.8 Å². The molecule has 1 saturated heterocycles. The number of carbonyl (C=O) groups is 1. The molecule has 0 aromatic heterocycles. The minimum Gasteiger partial charge on any atom is -0.363 e. The van der Waals surface area contributed by atoms with Crippen LogP contribution in [-0.2, 0) is 9.53 Å². The number of carbonyl (C=O) groups excluding carboxylic acids is 1. The molecule has 1 amide bonds. The number of benzene rings is 1. The molecule has 21 heavy (non-hydrogen) atoms. The largest absolute Gasteiger partial charge is 0.446 e. The van der Waals surface area contributed by atoms with Crippen molar-refractivity contribution in [3.8, 4) is 0 Å². The lowest BCUT2D eigenvalue weighted by atomic mass is 10.0. The predicted octanol–water partition coefficient (Wildman–Crippen LogP) is 2.62. The molecule has 0 radical (unpaired) electrons. The molecule has 2 N–H and O–H groups in total. The molecule has 116 valence electrons. The van der Waals surface area contributed by atoms with E-state index in [1.807, 2.05) is 6.92 Å². The number of thioether (sulfide) groups is 1. The highest BCUT2D eigenvalue weighted by molar-refractivity contribution is 8.00.